The molecule has 3 aromatic carbocycles. The Bertz CT molecular complexity index is 1580. The SMILES string of the molecule is N#C/C(=C(/O)c1ccc(-c2cc(Cl)ccc2Cl)o1)c1nc(-c2ccc3ccccc3c2)cs1. The fourth-order valence-corrected chi connectivity index (χ4v) is 4.70. The first-order chi connectivity index (χ1) is 16.0. The number of benzene rings is 3. The fourth-order valence-electron chi connectivity index (χ4n) is 3.49. The Morgan fingerprint density at radius 3 is 2.61 bits per heavy atom. The van der Waals surface area contributed by atoms with E-state index in [-0.39, 0.29) is 17.1 Å². The number of hydrogen-bond donors (Lipinski definition) is 1. The minimum Gasteiger partial charge on any atom is -0.503 e. The highest BCUT2D eigenvalue weighted by molar-refractivity contribution is 7.11. The van der Waals surface area contributed by atoms with Gasteiger partial charge in [-0.2, -0.15) is 5.26 Å². The van der Waals surface area contributed by atoms with E-state index in [0.717, 1.165) is 22.0 Å². The van der Waals surface area contributed by atoms with Crippen LogP contribution in [0.2, 0.25) is 10.0 Å². The number of halogens is 2. The largest absolute Gasteiger partial charge is 0.503 e. The monoisotopic (exact) mass is 488 g/mol. The van der Waals surface area contributed by atoms with Crippen molar-refractivity contribution in [1.82, 2.24) is 4.98 Å². The molecule has 5 aromatic rings. The Morgan fingerprint density at radius 1 is 0.970 bits per heavy atom. The van der Waals surface area contributed by atoms with Crippen molar-refractivity contribution in [3.05, 3.63) is 99.0 Å². The van der Waals surface area contributed by atoms with Gasteiger partial charge < -0.3 is 9.52 Å². The number of allylic oxidation sites excluding steroid dienone is 1. The first-order valence-electron chi connectivity index (χ1n) is 9.87. The third-order valence-electron chi connectivity index (χ3n) is 5.15. The number of nitriles is 1. The van der Waals surface area contributed by atoms with Crippen LogP contribution in [0.15, 0.2) is 82.6 Å². The molecule has 33 heavy (non-hydrogen) atoms. The van der Waals surface area contributed by atoms with Gasteiger partial charge in [0.05, 0.1) is 10.7 Å². The van der Waals surface area contributed by atoms with Crippen LogP contribution < -0.4 is 0 Å². The van der Waals surface area contributed by atoms with Gasteiger partial charge in [-0.3, -0.25) is 0 Å². The molecule has 0 aliphatic rings. The second-order valence-corrected chi connectivity index (χ2v) is 8.93. The number of aromatic nitrogens is 1. The summed E-state index contributed by atoms with van der Waals surface area (Å²) in [6.07, 6.45) is 0. The van der Waals surface area contributed by atoms with Crippen molar-refractivity contribution >= 4 is 56.6 Å². The van der Waals surface area contributed by atoms with Crippen LogP contribution in [0.25, 0.3) is 44.7 Å². The Kier molecular flexibility index (Phi) is 5.65. The second-order valence-electron chi connectivity index (χ2n) is 7.22. The lowest BCUT2D eigenvalue weighted by Crippen LogP contribution is -1.89. The Balaban J connectivity index is 1.50. The van der Waals surface area contributed by atoms with Crippen LogP contribution in [-0.4, -0.2) is 10.1 Å². The summed E-state index contributed by atoms with van der Waals surface area (Å²) in [6.45, 7) is 0. The molecule has 0 spiro atoms. The topological polar surface area (TPSA) is 70.0 Å². The van der Waals surface area contributed by atoms with Gasteiger partial charge in [0.25, 0.3) is 0 Å². The average Bonchev–Trinajstić information content (AvgIpc) is 3.51. The zero-order chi connectivity index (χ0) is 22.9. The number of furan rings is 1. The summed E-state index contributed by atoms with van der Waals surface area (Å²) in [5.74, 6) is 0.277. The molecule has 7 heteroatoms. The van der Waals surface area contributed by atoms with E-state index in [2.05, 4.69) is 17.1 Å². The van der Waals surface area contributed by atoms with E-state index < -0.39 is 0 Å². The Morgan fingerprint density at radius 2 is 1.79 bits per heavy atom. The third-order valence-corrected chi connectivity index (χ3v) is 6.57. The van der Waals surface area contributed by atoms with Gasteiger partial charge >= 0.3 is 0 Å². The molecular weight excluding hydrogens is 475 g/mol. The summed E-state index contributed by atoms with van der Waals surface area (Å²) in [4.78, 5) is 4.59. The van der Waals surface area contributed by atoms with Crippen molar-refractivity contribution in [2.45, 2.75) is 0 Å². The zero-order valence-corrected chi connectivity index (χ0v) is 19.2. The van der Waals surface area contributed by atoms with Crippen LogP contribution in [0.4, 0.5) is 0 Å². The van der Waals surface area contributed by atoms with E-state index in [4.69, 9.17) is 27.6 Å². The summed E-state index contributed by atoms with van der Waals surface area (Å²) < 4.78 is 5.79. The quantitative estimate of drug-likeness (QED) is 0.203. The first-order valence-corrected chi connectivity index (χ1v) is 11.5. The molecule has 0 amide bonds. The molecular formula is C26H14Cl2N2O2S. The van der Waals surface area contributed by atoms with Gasteiger partial charge in [-0.05, 0) is 47.2 Å². The van der Waals surface area contributed by atoms with E-state index in [1.807, 2.05) is 41.8 Å². The summed E-state index contributed by atoms with van der Waals surface area (Å²) in [5, 5.41) is 26.0. The molecule has 160 valence electrons. The predicted molar refractivity (Wildman–Crippen MR) is 134 cm³/mol. The molecule has 0 saturated heterocycles. The average molecular weight is 489 g/mol. The van der Waals surface area contributed by atoms with Gasteiger partial charge in [0, 0.05) is 21.5 Å². The first kappa shape index (κ1) is 21.3. The maximum absolute atomic E-state index is 10.8. The number of thiazole rings is 1. The Hall–Kier alpha value is -3.56. The normalized spacial score (nSPS) is 11.9. The maximum Gasteiger partial charge on any atom is 0.179 e. The highest BCUT2D eigenvalue weighted by Crippen LogP contribution is 2.35. The maximum atomic E-state index is 10.8. The molecule has 0 bridgehead atoms. The number of rotatable bonds is 4. The second kappa shape index (κ2) is 8.76. The van der Waals surface area contributed by atoms with E-state index in [1.165, 1.54) is 11.3 Å². The van der Waals surface area contributed by atoms with Crippen molar-refractivity contribution in [3.8, 4) is 28.7 Å². The molecule has 0 saturated carbocycles. The number of nitrogens with zero attached hydrogens (tertiary/aromatic N) is 2. The molecule has 0 radical (unpaired) electrons. The van der Waals surface area contributed by atoms with Crippen LogP contribution >= 0.6 is 34.5 Å². The number of fused-ring (bicyclic) bond motifs is 1. The highest BCUT2D eigenvalue weighted by atomic mass is 35.5. The number of aliphatic hydroxyl groups is 1. The number of hydrogen-bond acceptors (Lipinski definition) is 5. The molecule has 0 aliphatic heterocycles. The molecule has 0 fully saturated rings. The van der Waals surface area contributed by atoms with Crippen molar-refractivity contribution in [1.29, 1.82) is 5.26 Å². The Labute approximate surface area is 203 Å². The molecule has 0 aliphatic carbocycles. The molecule has 0 unspecified atom stereocenters. The van der Waals surface area contributed by atoms with E-state index >= 15 is 0 Å². The lowest BCUT2D eigenvalue weighted by molar-refractivity contribution is 0.466. The van der Waals surface area contributed by atoms with Crippen LogP contribution in [0.5, 0.6) is 0 Å². The van der Waals surface area contributed by atoms with Crippen LogP contribution in [0.3, 0.4) is 0 Å². The number of aliphatic hydroxyl groups excluding tert-OH is 1. The smallest absolute Gasteiger partial charge is 0.179 e. The fraction of sp³-hybridized carbons (Fsp3) is 0. The van der Waals surface area contributed by atoms with Gasteiger partial charge in [-0.25, -0.2) is 4.98 Å². The lowest BCUT2D eigenvalue weighted by Gasteiger charge is -2.02. The summed E-state index contributed by atoms with van der Waals surface area (Å²) in [6, 6.07) is 24.5. The van der Waals surface area contributed by atoms with Gasteiger partial charge in [-0.15, -0.1) is 11.3 Å². The van der Waals surface area contributed by atoms with E-state index in [0.29, 0.717) is 26.4 Å². The van der Waals surface area contributed by atoms with Gasteiger partial charge in [-0.1, -0.05) is 59.6 Å². The van der Waals surface area contributed by atoms with Crippen molar-refractivity contribution in [2.75, 3.05) is 0 Å². The van der Waals surface area contributed by atoms with Crippen LogP contribution in [-0.2, 0) is 0 Å². The summed E-state index contributed by atoms with van der Waals surface area (Å²) in [7, 11) is 0. The summed E-state index contributed by atoms with van der Waals surface area (Å²) >= 11 is 13.6. The van der Waals surface area contributed by atoms with Gasteiger partial charge in [0.2, 0.25) is 0 Å². The highest BCUT2D eigenvalue weighted by Gasteiger charge is 2.19. The summed E-state index contributed by atoms with van der Waals surface area (Å²) in [5.41, 5.74) is 2.29. The van der Waals surface area contributed by atoms with Crippen LogP contribution in [0, 0.1) is 11.3 Å². The zero-order valence-electron chi connectivity index (χ0n) is 16.9. The minimum absolute atomic E-state index is 0.0325. The third kappa shape index (κ3) is 4.12. The van der Waals surface area contributed by atoms with Gasteiger partial charge in [0.1, 0.15) is 22.4 Å². The van der Waals surface area contributed by atoms with Crippen molar-refractivity contribution < 1.29 is 9.52 Å². The van der Waals surface area contributed by atoms with E-state index in [9.17, 15) is 10.4 Å². The van der Waals surface area contributed by atoms with Crippen molar-refractivity contribution in [2.24, 2.45) is 0 Å². The predicted octanol–water partition coefficient (Wildman–Crippen LogP) is 8.48. The molecule has 1 N–H and O–H groups in total. The molecule has 2 heterocycles. The minimum atomic E-state index is -0.290. The van der Waals surface area contributed by atoms with Gasteiger partial charge in [0.15, 0.2) is 11.5 Å². The van der Waals surface area contributed by atoms with E-state index in [1.54, 1.807) is 30.3 Å². The molecule has 2 aromatic heterocycles. The van der Waals surface area contributed by atoms with Crippen molar-refractivity contribution in [3.63, 3.8) is 0 Å². The lowest BCUT2D eigenvalue weighted by atomic mass is 10.1. The standard InChI is InChI=1S/C26H14Cl2N2O2S/c27-18-7-8-21(28)19(12-18)23-9-10-24(32-23)25(31)20(13-29)26-30-22(14-33-26)17-6-5-15-3-1-2-4-16(15)11-17/h1-12,14,31H/b25-20-. The molecule has 5 rings (SSSR count). The molecule has 0 atom stereocenters. The van der Waals surface area contributed by atoms with Crippen LogP contribution in [0.1, 0.15) is 10.8 Å². The molecule has 4 nitrogen and oxygen atoms in total.